The molecule has 1 aromatic carbocycles. The molecule has 0 saturated heterocycles. The SMILES string of the molecule is CC(C)Cc1cc(CNC(=O)N(C)Cc2nnc(-c3ccccc3)o2)on1. The summed E-state index contributed by atoms with van der Waals surface area (Å²) in [7, 11) is 1.66. The summed E-state index contributed by atoms with van der Waals surface area (Å²) >= 11 is 0. The van der Waals surface area contributed by atoms with Crippen molar-refractivity contribution in [1.29, 1.82) is 0 Å². The second-order valence-electron chi connectivity index (χ2n) is 6.76. The lowest BCUT2D eigenvalue weighted by Crippen LogP contribution is -2.36. The first-order valence-electron chi connectivity index (χ1n) is 8.82. The Morgan fingerprint density at radius 1 is 1.22 bits per heavy atom. The minimum atomic E-state index is -0.267. The van der Waals surface area contributed by atoms with E-state index in [2.05, 4.69) is 34.5 Å². The average Bonchev–Trinajstić information content (AvgIpc) is 3.29. The molecule has 0 spiro atoms. The molecule has 142 valence electrons. The number of carbonyl (C=O) groups is 1. The van der Waals surface area contributed by atoms with Gasteiger partial charge < -0.3 is 19.2 Å². The van der Waals surface area contributed by atoms with Crippen LogP contribution in [0.25, 0.3) is 11.5 Å². The molecule has 0 bridgehead atoms. The fourth-order valence-corrected chi connectivity index (χ4v) is 2.54. The number of aromatic nitrogens is 3. The number of rotatable bonds is 7. The Labute approximate surface area is 157 Å². The van der Waals surface area contributed by atoms with Crippen molar-refractivity contribution in [3.05, 3.63) is 53.7 Å². The zero-order valence-electron chi connectivity index (χ0n) is 15.7. The Balaban J connectivity index is 1.51. The van der Waals surface area contributed by atoms with Gasteiger partial charge in [-0.25, -0.2) is 4.79 Å². The highest BCUT2D eigenvalue weighted by molar-refractivity contribution is 5.73. The second-order valence-corrected chi connectivity index (χ2v) is 6.76. The van der Waals surface area contributed by atoms with Gasteiger partial charge in [0.2, 0.25) is 11.8 Å². The molecule has 0 unspecified atom stereocenters. The number of urea groups is 1. The number of amides is 2. The van der Waals surface area contributed by atoms with E-state index in [-0.39, 0.29) is 19.1 Å². The molecule has 0 aliphatic heterocycles. The molecule has 0 fully saturated rings. The summed E-state index contributed by atoms with van der Waals surface area (Å²) in [5.41, 5.74) is 1.73. The van der Waals surface area contributed by atoms with Crippen molar-refractivity contribution in [2.24, 2.45) is 5.92 Å². The van der Waals surface area contributed by atoms with E-state index in [1.165, 1.54) is 4.90 Å². The van der Waals surface area contributed by atoms with Crippen LogP contribution in [0, 0.1) is 5.92 Å². The number of benzene rings is 1. The highest BCUT2D eigenvalue weighted by Gasteiger charge is 2.15. The number of nitrogens with zero attached hydrogens (tertiary/aromatic N) is 4. The topological polar surface area (TPSA) is 97.3 Å². The third kappa shape index (κ3) is 5.16. The maximum Gasteiger partial charge on any atom is 0.317 e. The highest BCUT2D eigenvalue weighted by atomic mass is 16.5. The Kier molecular flexibility index (Phi) is 5.85. The molecule has 0 radical (unpaired) electrons. The normalized spacial score (nSPS) is 11.0. The first-order valence-corrected chi connectivity index (χ1v) is 8.82. The molecule has 0 aliphatic rings. The van der Waals surface area contributed by atoms with Crippen LogP contribution in [0.1, 0.15) is 31.2 Å². The van der Waals surface area contributed by atoms with Crippen molar-refractivity contribution in [2.45, 2.75) is 33.4 Å². The lowest BCUT2D eigenvalue weighted by atomic mass is 10.1. The summed E-state index contributed by atoms with van der Waals surface area (Å²) in [6.07, 6.45) is 0.845. The van der Waals surface area contributed by atoms with Gasteiger partial charge in [-0.05, 0) is 24.5 Å². The van der Waals surface area contributed by atoms with Crippen LogP contribution in [0.5, 0.6) is 0 Å². The summed E-state index contributed by atoms with van der Waals surface area (Å²) in [5.74, 6) is 1.92. The monoisotopic (exact) mass is 369 g/mol. The largest absolute Gasteiger partial charge is 0.419 e. The minimum absolute atomic E-state index is 0.209. The molecule has 1 N–H and O–H groups in total. The van der Waals surface area contributed by atoms with E-state index >= 15 is 0 Å². The third-order valence-corrected chi connectivity index (χ3v) is 3.85. The quantitative estimate of drug-likeness (QED) is 0.686. The molecule has 2 amide bonds. The van der Waals surface area contributed by atoms with E-state index < -0.39 is 0 Å². The molecule has 8 nitrogen and oxygen atoms in total. The molecule has 0 saturated carbocycles. The average molecular weight is 369 g/mol. The van der Waals surface area contributed by atoms with Gasteiger partial charge in [-0.15, -0.1) is 10.2 Å². The van der Waals surface area contributed by atoms with E-state index in [1.54, 1.807) is 7.05 Å². The minimum Gasteiger partial charge on any atom is -0.419 e. The molecule has 2 heterocycles. The number of carbonyl (C=O) groups excluding carboxylic acids is 1. The van der Waals surface area contributed by atoms with E-state index in [0.29, 0.717) is 23.5 Å². The molecule has 27 heavy (non-hydrogen) atoms. The zero-order valence-corrected chi connectivity index (χ0v) is 15.7. The molecule has 0 aliphatic carbocycles. The highest BCUT2D eigenvalue weighted by Crippen LogP contribution is 2.17. The lowest BCUT2D eigenvalue weighted by molar-refractivity contribution is 0.200. The molecule has 8 heteroatoms. The van der Waals surface area contributed by atoms with Crippen LogP contribution in [0.15, 0.2) is 45.3 Å². The van der Waals surface area contributed by atoms with E-state index in [4.69, 9.17) is 8.94 Å². The maximum atomic E-state index is 12.2. The molecular formula is C19H23N5O3. The van der Waals surface area contributed by atoms with Crippen molar-refractivity contribution in [3.8, 4) is 11.5 Å². The van der Waals surface area contributed by atoms with Crippen molar-refractivity contribution in [3.63, 3.8) is 0 Å². The summed E-state index contributed by atoms with van der Waals surface area (Å²) in [6, 6.07) is 11.1. The maximum absolute atomic E-state index is 12.2. The van der Waals surface area contributed by atoms with Crippen LogP contribution >= 0.6 is 0 Å². The standard InChI is InChI=1S/C19H23N5O3/c1-13(2)9-15-10-16(27-23-15)11-20-19(25)24(3)12-17-21-22-18(26-17)14-7-5-4-6-8-14/h4-8,10,13H,9,11-12H2,1-3H3,(H,20,25). The summed E-state index contributed by atoms with van der Waals surface area (Å²) in [6.45, 7) is 4.71. The predicted octanol–water partition coefficient (Wildman–Crippen LogP) is 3.26. The van der Waals surface area contributed by atoms with Gasteiger partial charge >= 0.3 is 6.03 Å². The van der Waals surface area contributed by atoms with Gasteiger partial charge in [-0.2, -0.15) is 0 Å². The van der Waals surface area contributed by atoms with Crippen LogP contribution in [-0.2, 0) is 19.5 Å². The molecule has 3 rings (SSSR count). The van der Waals surface area contributed by atoms with Gasteiger partial charge in [-0.3, -0.25) is 0 Å². The Morgan fingerprint density at radius 2 is 2.00 bits per heavy atom. The fourth-order valence-electron chi connectivity index (χ4n) is 2.54. The lowest BCUT2D eigenvalue weighted by Gasteiger charge is -2.15. The van der Waals surface area contributed by atoms with Crippen LogP contribution in [0.4, 0.5) is 4.79 Å². The smallest absolute Gasteiger partial charge is 0.317 e. The summed E-state index contributed by atoms with van der Waals surface area (Å²) < 4.78 is 10.9. The van der Waals surface area contributed by atoms with E-state index in [0.717, 1.165) is 17.7 Å². The summed E-state index contributed by atoms with van der Waals surface area (Å²) in [5, 5.41) is 14.8. The Morgan fingerprint density at radius 3 is 2.74 bits per heavy atom. The molecule has 3 aromatic rings. The predicted molar refractivity (Wildman–Crippen MR) is 98.5 cm³/mol. The first-order chi connectivity index (χ1) is 13.0. The van der Waals surface area contributed by atoms with Crippen LogP contribution in [-0.4, -0.2) is 33.3 Å². The molecular weight excluding hydrogens is 346 g/mol. The molecule has 0 atom stereocenters. The van der Waals surface area contributed by atoms with Gasteiger partial charge in [-0.1, -0.05) is 37.2 Å². The Bertz CT molecular complexity index is 872. The number of nitrogens with one attached hydrogen (secondary N) is 1. The van der Waals surface area contributed by atoms with E-state index in [1.807, 2.05) is 36.4 Å². The molecule has 2 aromatic heterocycles. The van der Waals surface area contributed by atoms with Gasteiger partial charge in [0.1, 0.15) is 6.54 Å². The van der Waals surface area contributed by atoms with Gasteiger partial charge in [0.05, 0.1) is 12.2 Å². The van der Waals surface area contributed by atoms with Crippen molar-refractivity contribution in [1.82, 2.24) is 25.6 Å². The van der Waals surface area contributed by atoms with Gasteiger partial charge in [0.25, 0.3) is 0 Å². The number of hydrogen-bond acceptors (Lipinski definition) is 6. The van der Waals surface area contributed by atoms with Crippen molar-refractivity contribution >= 4 is 6.03 Å². The zero-order chi connectivity index (χ0) is 19.2. The summed E-state index contributed by atoms with van der Waals surface area (Å²) in [4.78, 5) is 13.7. The van der Waals surface area contributed by atoms with Gasteiger partial charge in [0, 0.05) is 18.7 Å². The number of hydrogen-bond donors (Lipinski definition) is 1. The Hall–Kier alpha value is -3.16. The van der Waals surface area contributed by atoms with Crippen molar-refractivity contribution in [2.75, 3.05) is 7.05 Å². The van der Waals surface area contributed by atoms with Crippen LogP contribution < -0.4 is 5.32 Å². The van der Waals surface area contributed by atoms with E-state index in [9.17, 15) is 4.79 Å². The fraction of sp³-hybridized carbons (Fsp3) is 0.368. The second kappa shape index (κ2) is 8.48. The van der Waals surface area contributed by atoms with Crippen LogP contribution in [0.2, 0.25) is 0 Å². The third-order valence-electron chi connectivity index (χ3n) is 3.85. The van der Waals surface area contributed by atoms with Crippen LogP contribution in [0.3, 0.4) is 0 Å². The van der Waals surface area contributed by atoms with Gasteiger partial charge in [0.15, 0.2) is 5.76 Å². The first kappa shape index (κ1) is 18.6. The van der Waals surface area contributed by atoms with Crippen molar-refractivity contribution < 1.29 is 13.7 Å².